The van der Waals surface area contributed by atoms with Gasteiger partial charge in [-0.3, -0.25) is 14.5 Å². The van der Waals surface area contributed by atoms with E-state index in [2.05, 4.69) is 0 Å². The Morgan fingerprint density at radius 2 is 1.51 bits per heavy atom. The summed E-state index contributed by atoms with van der Waals surface area (Å²) in [6.45, 7) is 4.62. The zero-order valence-corrected chi connectivity index (χ0v) is 21.2. The van der Waals surface area contributed by atoms with Gasteiger partial charge >= 0.3 is 0 Å². The number of benzene rings is 3. The maximum Gasteiger partial charge on any atom is 0.300 e. The van der Waals surface area contributed by atoms with E-state index >= 15 is 0 Å². The Morgan fingerprint density at radius 1 is 0.838 bits per heavy atom. The number of nitrogens with zero attached hydrogens (tertiary/aromatic N) is 1. The minimum Gasteiger partial charge on any atom is -0.507 e. The van der Waals surface area contributed by atoms with Crippen LogP contribution < -0.4 is 23.8 Å². The van der Waals surface area contributed by atoms with Crippen LogP contribution in [0.4, 0.5) is 5.69 Å². The van der Waals surface area contributed by atoms with Crippen molar-refractivity contribution in [2.75, 3.05) is 32.3 Å². The number of hydrogen-bond donors (Lipinski definition) is 1. The molecule has 1 heterocycles. The van der Waals surface area contributed by atoms with E-state index in [4.69, 9.17) is 18.9 Å². The van der Waals surface area contributed by atoms with Crippen LogP contribution in [0.2, 0.25) is 0 Å². The number of methoxy groups -OCH3 is 2. The molecule has 0 aromatic heterocycles. The summed E-state index contributed by atoms with van der Waals surface area (Å²) in [5, 5.41) is 11.5. The second-order valence-electron chi connectivity index (χ2n) is 8.17. The van der Waals surface area contributed by atoms with E-state index in [0.29, 0.717) is 47.5 Å². The quantitative estimate of drug-likeness (QED) is 0.246. The van der Waals surface area contributed by atoms with Gasteiger partial charge in [-0.1, -0.05) is 18.2 Å². The second-order valence-corrected chi connectivity index (χ2v) is 8.17. The van der Waals surface area contributed by atoms with Crippen molar-refractivity contribution in [3.63, 3.8) is 0 Å². The maximum absolute atomic E-state index is 13.5. The number of aliphatic hydroxyl groups excluding tert-OH is 1. The van der Waals surface area contributed by atoms with Gasteiger partial charge in [-0.15, -0.1) is 0 Å². The molecule has 1 saturated heterocycles. The van der Waals surface area contributed by atoms with Gasteiger partial charge in [0.15, 0.2) is 0 Å². The molecule has 1 unspecified atom stereocenters. The van der Waals surface area contributed by atoms with Crippen LogP contribution in [0.15, 0.2) is 72.3 Å². The molecule has 8 heteroatoms. The Hall–Kier alpha value is -4.46. The molecule has 1 amide bonds. The van der Waals surface area contributed by atoms with Crippen LogP contribution in [0.3, 0.4) is 0 Å². The van der Waals surface area contributed by atoms with Crippen LogP contribution >= 0.6 is 0 Å². The molecule has 4 rings (SSSR count). The van der Waals surface area contributed by atoms with Crippen LogP contribution in [-0.2, 0) is 9.59 Å². The van der Waals surface area contributed by atoms with Gasteiger partial charge in [-0.05, 0) is 55.8 Å². The van der Waals surface area contributed by atoms with Gasteiger partial charge in [0, 0.05) is 17.8 Å². The zero-order chi connectivity index (χ0) is 26.5. The molecule has 192 valence electrons. The zero-order valence-electron chi connectivity index (χ0n) is 21.2. The second kappa shape index (κ2) is 11.1. The van der Waals surface area contributed by atoms with Gasteiger partial charge in [0.05, 0.1) is 44.6 Å². The number of amides is 1. The summed E-state index contributed by atoms with van der Waals surface area (Å²) in [4.78, 5) is 28.3. The van der Waals surface area contributed by atoms with Gasteiger partial charge in [-0.25, -0.2) is 0 Å². The highest BCUT2D eigenvalue weighted by atomic mass is 16.5. The SMILES string of the molecule is CCOc1cccc(C2/C(=C(\O)c3ccc(OC)cc3OC)C(=O)C(=O)N2c2cccc(OCC)c2)c1. The smallest absolute Gasteiger partial charge is 0.300 e. The number of ether oxygens (including phenoxy) is 4. The first-order valence-corrected chi connectivity index (χ1v) is 11.9. The number of ketones is 1. The molecular weight excluding hydrogens is 474 g/mol. The van der Waals surface area contributed by atoms with Gasteiger partial charge in [0.1, 0.15) is 28.8 Å². The van der Waals surface area contributed by atoms with Crippen LogP contribution in [0.1, 0.15) is 31.0 Å². The molecular formula is C29H29NO7. The lowest BCUT2D eigenvalue weighted by atomic mass is 9.94. The first kappa shape index (κ1) is 25.6. The minimum atomic E-state index is -0.927. The van der Waals surface area contributed by atoms with Gasteiger partial charge < -0.3 is 24.1 Å². The average Bonchev–Trinajstić information content (AvgIpc) is 3.18. The molecule has 8 nitrogen and oxygen atoms in total. The van der Waals surface area contributed by atoms with Crippen molar-refractivity contribution in [1.82, 2.24) is 0 Å². The molecule has 3 aromatic carbocycles. The molecule has 1 atom stereocenters. The van der Waals surface area contributed by atoms with Gasteiger partial charge in [0.25, 0.3) is 11.7 Å². The van der Waals surface area contributed by atoms with Crippen LogP contribution in [-0.4, -0.2) is 44.2 Å². The monoisotopic (exact) mass is 503 g/mol. The molecule has 0 spiro atoms. The Morgan fingerprint density at radius 3 is 2.16 bits per heavy atom. The molecule has 0 aliphatic carbocycles. The Bertz CT molecular complexity index is 1350. The fourth-order valence-corrected chi connectivity index (χ4v) is 4.38. The molecule has 0 bridgehead atoms. The number of carbonyl (C=O) groups is 2. The first-order valence-electron chi connectivity index (χ1n) is 11.9. The minimum absolute atomic E-state index is 0.0658. The van der Waals surface area contributed by atoms with E-state index in [9.17, 15) is 14.7 Å². The summed E-state index contributed by atoms with van der Waals surface area (Å²) in [6.07, 6.45) is 0. The Kier molecular flexibility index (Phi) is 7.67. The third kappa shape index (κ3) is 4.95. The maximum atomic E-state index is 13.5. The number of Topliss-reactive ketones (excluding diaryl/α,β-unsaturated/α-hetero) is 1. The van der Waals surface area contributed by atoms with Gasteiger partial charge in [-0.2, -0.15) is 0 Å². The molecule has 0 saturated carbocycles. The summed E-state index contributed by atoms with van der Waals surface area (Å²) in [6, 6.07) is 18.0. The molecule has 1 aliphatic heterocycles. The number of aliphatic hydroxyl groups is 1. The van der Waals surface area contributed by atoms with Crippen molar-refractivity contribution in [2.45, 2.75) is 19.9 Å². The van der Waals surface area contributed by atoms with Crippen LogP contribution in [0.5, 0.6) is 23.0 Å². The van der Waals surface area contributed by atoms with Crippen molar-refractivity contribution in [3.8, 4) is 23.0 Å². The summed E-state index contributed by atoms with van der Waals surface area (Å²) in [5.41, 5.74) is 1.25. The normalized spacial score (nSPS) is 16.5. The number of rotatable bonds is 9. The topological polar surface area (TPSA) is 94.5 Å². The lowest BCUT2D eigenvalue weighted by Crippen LogP contribution is -2.29. The van der Waals surface area contributed by atoms with Crippen molar-refractivity contribution < 1.29 is 33.6 Å². The first-order chi connectivity index (χ1) is 17.9. The van der Waals surface area contributed by atoms with Gasteiger partial charge in [0.2, 0.25) is 0 Å². The highest BCUT2D eigenvalue weighted by molar-refractivity contribution is 6.51. The fraction of sp³-hybridized carbons (Fsp3) is 0.241. The van der Waals surface area contributed by atoms with E-state index in [-0.39, 0.29) is 16.9 Å². The van der Waals surface area contributed by atoms with Crippen molar-refractivity contribution >= 4 is 23.1 Å². The lowest BCUT2D eigenvalue weighted by Gasteiger charge is -2.26. The Labute approximate surface area is 215 Å². The predicted octanol–water partition coefficient (Wildman–Crippen LogP) is 5.13. The average molecular weight is 504 g/mol. The van der Waals surface area contributed by atoms with E-state index in [1.807, 2.05) is 13.8 Å². The van der Waals surface area contributed by atoms with Crippen molar-refractivity contribution in [3.05, 3.63) is 83.4 Å². The Balaban J connectivity index is 1.95. The van der Waals surface area contributed by atoms with Crippen LogP contribution in [0.25, 0.3) is 5.76 Å². The highest BCUT2D eigenvalue weighted by Gasteiger charge is 2.47. The molecule has 1 aliphatic rings. The molecule has 37 heavy (non-hydrogen) atoms. The molecule has 1 N–H and O–H groups in total. The third-order valence-electron chi connectivity index (χ3n) is 6.00. The van der Waals surface area contributed by atoms with E-state index in [1.165, 1.54) is 19.1 Å². The predicted molar refractivity (Wildman–Crippen MR) is 140 cm³/mol. The lowest BCUT2D eigenvalue weighted by molar-refractivity contribution is -0.132. The highest BCUT2D eigenvalue weighted by Crippen LogP contribution is 2.44. The largest absolute Gasteiger partial charge is 0.507 e. The van der Waals surface area contributed by atoms with E-state index in [0.717, 1.165) is 0 Å². The van der Waals surface area contributed by atoms with Crippen molar-refractivity contribution in [1.29, 1.82) is 0 Å². The van der Waals surface area contributed by atoms with Crippen LogP contribution in [0, 0.1) is 0 Å². The molecule has 3 aromatic rings. The molecule has 0 radical (unpaired) electrons. The third-order valence-corrected chi connectivity index (χ3v) is 6.00. The summed E-state index contributed by atoms with van der Waals surface area (Å²) in [5.74, 6) is 0.00797. The summed E-state index contributed by atoms with van der Waals surface area (Å²) >= 11 is 0. The van der Waals surface area contributed by atoms with E-state index < -0.39 is 17.7 Å². The number of carbonyl (C=O) groups excluding carboxylic acids is 2. The number of anilines is 1. The molecule has 1 fully saturated rings. The summed E-state index contributed by atoms with van der Waals surface area (Å²) in [7, 11) is 2.97. The number of hydrogen-bond acceptors (Lipinski definition) is 7. The standard InChI is InChI=1S/C29H29NO7/c1-5-36-21-11-7-9-18(15-21)26-25(27(31)23-14-13-20(34-3)17-24(23)35-4)28(32)29(33)30(26)19-10-8-12-22(16-19)37-6-2/h7-17,26,31H,5-6H2,1-4H3/b27-25+. The van der Waals surface area contributed by atoms with E-state index in [1.54, 1.807) is 66.7 Å². The summed E-state index contributed by atoms with van der Waals surface area (Å²) < 4.78 is 22.0. The van der Waals surface area contributed by atoms with Crippen molar-refractivity contribution in [2.24, 2.45) is 0 Å². The fourth-order valence-electron chi connectivity index (χ4n) is 4.38.